The van der Waals surface area contributed by atoms with Crippen LogP contribution in [0.25, 0.3) is 0 Å². The van der Waals surface area contributed by atoms with Gasteiger partial charge in [-0.2, -0.15) is 8.78 Å². The number of hydrogen-bond acceptors (Lipinski definition) is 3. The van der Waals surface area contributed by atoms with Gasteiger partial charge < -0.3 is 14.8 Å². The van der Waals surface area contributed by atoms with Crippen molar-refractivity contribution < 1.29 is 23.0 Å². The van der Waals surface area contributed by atoms with Gasteiger partial charge in [-0.1, -0.05) is 17.7 Å². The molecule has 0 heterocycles. The average Bonchev–Trinajstić information content (AvgIpc) is 2.50. The highest BCUT2D eigenvalue weighted by atomic mass is 35.5. The summed E-state index contributed by atoms with van der Waals surface area (Å²) < 4.78 is 34.1. The molecule has 0 bridgehead atoms. The van der Waals surface area contributed by atoms with Gasteiger partial charge in [0.2, 0.25) is 0 Å². The number of aryl methyl sites for hydroxylation is 1. The number of hydrogen-bond donors (Lipinski definition) is 1. The lowest BCUT2D eigenvalue weighted by atomic mass is 10.1. The molecule has 0 aromatic heterocycles. The predicted octanol–water partition coefficient (Wildman–Crippen LogP) is 4.51. The molecule has 2 aromatic rings. The van der Waals surface area contributed by atoms with Crippen molar-refractivity contribution in [1.29, 1.82) is 0 Å². The topological polar surface area (TPSA) is 47.6 Å². The fourth-order valence-corrected chi connectivity index (χ4v) is 2.10. The lowest BCUT2D eigenvalue weighted by Gasteiger charge is -2.12. The van der Waals surface area contributed by atoms with Crippen molar-refractivity contribution in [3.63, 3.8) is 0 Å². The molecule has 2 rings (SSSR count). The Morgan fingerprint density at radius 1 is 1.17 bits per heavy atom. The fourth-order valence-electron chi connectivity index (χ4n) is 1.93. The van der Waals surface area contributed by atoms with Crippen molar-refractivity contribution in [2.45, 2.75) is 13.5 Å². The molecule has 1 amide bonds. The number of alkyl halides is 2. The second-order valence-electron chi connectivity index (χ2n) is 4.66. The van der Waals surface area contributed by atoms with E-state index in [9.17, 15) is 13.6 Å². The molecule has 1 N–H and O–H groups in total. The molecule has 4 nitrogen and oxygen atoms in total. The van der Waals surface area contributed by atoms with Gasteiger partial charge in [0.1, 0.15) is 0 Å². The van der Waals surface area contributed by atoms with Crippen molar-refractivity contribution in [3.05, 3.63) is 52.5 Å². The first kappa shape index (κ1) is 17.0. The first-order valence-electron chi connectivity index (χ1n) is 6.61. The van der Waals surface area contributed by atoms with Crippen LogP contribution in [-0.2, 0) is 0 Å². The zero-order valence-electron chi connectivity index (χ0n) is 12.4. The van der Waals surface area contributed by atoms with Gasteiger partial charge in [0.05, 0.1) is 7.11 Å². The van der Waals surface area contributed by atoms with Crippen LogP contribution in [0.2, 0.25) is 5.02 Å². The first-order valence-corrected chi connectivity index (χ1v) is 6.99. The molecular weight excluding hydrogens is 328 g/mol. The maximum absolute atomic E-state index is 12.4. The van der Waals surface area contributed by atoms with E-state index in [0.29, 0.717) is 10.7 Å². The molecule has 0 aliphatic carbocycles. The highest BCUT2D eigenvalue weighted by molar-refractivity contribution is 6.31. The van der Waals surface area contributed by atoms with E-state index in [1.807, 2.05) is 6.92 Å². The third-order valence-corrected chi connectivity index (χ3v) is 3.32. The summed E-state index contributed by atoms with van der Waals surface area (Å²) in [7, 11) is 1.32. The van der Waals surface area contributed by atoms with Crippen LogP contribution in [0.4, 0.5) is 14.5 Å². The second-order valence-corrected chi connectivity index (χ2v) is 5.09. The summed E-state index contributed by atoms with van der Waals surface area (Å²) in [5.41, 5.74) is 1.51. The minimum atomic E-state index is -3.02. The van der Waals surface area contributed by atoms with Crippen LogP contribution in [0.1, 0.15) is 15.9 Å². The molecule has 0 aliphatic heterocycles. The third kappa shape index (κ3) is 4.32. The molecule has 0 unspecified atom stereocenters. The van der Waals surface area contributed by atoms with E-state index in [0.717, 1.165) is 5.56 Å². The summed E-state index contributed by atoms with van der Waals surface area (Å²) in [5, 5.41) is 3.15. The smallest absolute Gasteiger partial charge is 0.387 e. The van der Waals surface area contributed by atoms with Crippen LogP contribution in [-0.4, -0.2) is 19.6 Å². The maximum Gasteiger partial charge on any atom is 0.387 e. The van der Waals surface area contributed by atoms with E-state index >= 15 is 0 Å². The zero-order valence-corrected chi connectivity index (χ0v) is 13.2. The van der Waals surface area contributed by atoms with Gasteiger partial charge in [-0.05, 0) is 42.8 Å². The van der Waals surface area contributed by atoms with Gasteiger partial charge in [-0.15, -0.1) is 0 Å². The molecule has 7 heteroatoms. The predicted molar refractivity (Wildman–Crippen MR) is 83.8 cm³/mol. The minimum Gasteiger partial charge on any atom is -0.493 e. The minimum absolute atomic E-state index is 0.112. The zero-order chi connectivity index (χ0) is 17.0. The number of ether oxygens (including phenoxy) is 2. The van der Waals surface area contributed by atoms with Crippen LogP contribution in [0.15, 0.2) is 36.4 Å². The van der Waals surface area contributed by atoms with E-state index in [1.54, 1.807) is 18.2 Å². The Morgan fingerprint density at radius 2 is 1.91 bits per heavy atom. The van der Waals surface area contributed by atoms with Gasteiger partial charge in [0.15, 0.2) is 11.5 Å². The number of carbonyl (C=O) groups excluding carboxylic acids is 1. The summed E-state index contributed by atoms with van der Waals surface area (Å²) in [6.45, 7) is -1.21. The van der Waals surface area contributed by atoms with Crippen LogP contribution in [0, 0.1) is 6.92 Å². The number of halogens is 3. The molecule has 0 spiro atoms. The van der Waals surface area contributed by atoms with Crippen molar-refractivity contribution in [1.82, 2.24) is 0 Å². The van der Waals surface area contributed by atoms with E-state index < -0.39 is 12.5 Å². The molecule has 0 radical (unpaired) electrons. The molecule has 0 fully saturated rings. The lowest BCUT2D eigenvalue weighted by molar-refractivity contribution is -0.0512. The Balaban J connectivity index is 2.27. The number of carbonyl (C=O) groups is 1. The van der Waals surface area contributed by atoms with Gasteiger partial charge in [0.25, 0.3) is 5.91 Å². The van der Waals surface area contributed by atoms with Crippen LogP contribution in [0.3, 0.4) is 0 Å². The maximum atomic E-state index is 12.4. The number of benzene rings is 2. The number of rotatable bonds is 5. The van der Waals surface area contributed by atoms with E-state index in [1.165, 1.54) is 25.3 Å². The van der Waals surface area contributed by atoms with Crippen molar-refractivity contribution in [3.8, 4) is 11.5 Å². The van der Waals surface area contributed by atoms with E-state index in [4.69, 9.17) is 16.3 Å². The molecule has 0 aliphatic rings. The highest BCUT2D eigenvalue weighted by Gasteiger charge is 2.15. The Kier molecular flexibility index (Phi) is 5.39. The number of amides is 1. The molecule has 0 saturated carbocycles. The normalized spacial score (nSPS) is 10.5. The second kappa shape index (κ2) is 7.28. The fraction of sp³-hybridized carbons (Fsp3) is 0.188. The summed E-state index contributed by atoms with van der Waals surface area (Å²) >= 11 is 5.90. The summed E-state index contributed by atoms with van der Waals surface area (Å²) in [6.07, 6.45) is 0. The molecule has 2 aromatic carbocycles. The monoisotopic (exact) mass is 341 g/mol. The Labute approximate surface area is 137 Å². The van der Waals surface area contributed by atoms with E-state index in [-0.39, 0.29) is 17.1 Å². The standard InChI is InChI=1S/C16H14ClF2NO3/c1-9-3-5-11(17)8-12(9)20-15(21)10-4-6-13(22-2)14(7-10)23-16(18)19/h3-8,16H,1-2H3,(H,20,21). The van der Waals surface area contributed by atoms with Crippen LogP contribution < -0.4 is 14.8 Å². The lowest BCUT2D eigenvalue weighted by Crippen LogP contribution is -2.13. The van der Waals surface area contributed by atoms with E-state index in [2.05, 4.69) is 10.1 Å². The molecule has 0 atom stereocenters. The SMILES string of the molecule is COc1ccc(C(=O)Nc2cc(Cl)ccc2C)cc1OC(F)F. The first-order chi connectivity index (χ1) is 10.9. The third-order valence-electron chi connectivity index (χ3n) is 3.09. The summed E-state index contributed by atoms with van der Waals surface area (Å²) in [6, 6.07) is 9.10. The van der Waals surface area contributed by atoms with Crippen LogP contribution in [0.5, 0.6) is 11.5 Å². The summed E-state index contributed by atoms with van der Waals surface area (Å²) in [4.78, 5) is 12.3. The van der Waals surface area contributed by atoms with Gasteiger partial charge in [0, 0.05) is 16.3 Å². The van der Waals surface area contributed by atoms with Crippen molar-refractivity contribution >= 4 is 23.2 Å². The van der Waals surface area contributed by atoms with Gasteiger partial charge in [-0.3, -0.25) is 4.79 Å². The molecular formula is C16H14ClF2NO3. The Bertz CT molecular complexity index is 722. The summed E-state index contributed by atoms with van der Waals surface area (Å²) in [5.74, 6) is -0.573. The Hall–Kier alpha value is -2.34. The number of anilines is 1. The van der Waals surface area contributed by atoms with Crippen molar-refractivity contribution in [2.24, 2.45) is 0 Å². The molecule has 23 heavy (non-hydrogen) atoms. The quantitative estimate of drug-likeness (QED) is 0.870. The van der Waals surface area contributed by atoms with Gasteiger partial charge >= 0.3 is 6.61 Å². The molecule has 122 valence electrons. The molecule has 0 saturated heterocycles. The van der Waals surface area contributed by atoms with Crippen LogP contribution >= 0.6 is 11.6 Å². The highest BCUT2D eigenvalue weighted by Crippen LogP contribution is 2.30. The van der Waals surface area contributed by atoms with Gasteiger partial charge in [-0.25, -0.2) is 0 Å². The van der Waals surface area contributed by atoms with Crippen molar-refractivity contribution in [2.75, 3.05) is 12.4 Å². The number of nitrogens with one attached hydrogen (secondary N) is 1. The largest absolute Gasteiger partial charge is 0.493 e. The average molecular weight is 342 g/mol. The Morgan fingerprint density at radius 3 is 2.57 bits per heavy atom. The number of methoxy groups -OCH3 is 1.